The molecule has 0 amide bonds. The van der Waals surface area contributed by atoms with Crippen molar-refractivity contribution in [2.75, 3.05) is 5.32 Å². The number of benzene rings is 1. The molecule has 5 heteroatoms. The van der Waals surface area contributed by atoms with Crippen molar-refractivity contribution in [2.45, 2.75) is 0 Å². The second kappa shape index (κ2) is 4.61. The van der Waals surface area contributed by atoms with E-state index in [1.54, 1.807) is 18.2 Å². The standard InChI is InChI=1S/C12H9FN2O2/c13-9-5-3-4-8(12(16)17)11(9)15-10-6-1-2-7-14-10/h1-7H,(H,14,15)(H,16,17). The number of hydrogen-bond acceptors (Lipinski definition) is 3. The first-order chi connectivity index (χ1) is 8.18. The zero-order chi connectivity index (χ0) is 12.3. The molecule has 4 nitrogen and oxygen atoms in total. The highest BCUT2D eigenvalue weighted by atomic mass is 19.1. The van der Waals surface area contributed by atoms with Crippen LogP contribution in [0.5, 0.6) is 0 Å². The Bertz CT molecular complexity index is 543. The molecule has 0 unspecified atom stereocenters. The Hall–Kier alpha value is -2.43. The highest BCUT2D eigenvalue weighted by Gasteiger charge is 2.14. The Morgan fingerprint density at radius 2 is 2.06 bits per heavy atom. The van der Waals surface area contributed by atoms with E-state index in [2.05, 4.69) is 10.3 Å². The van der Waals surface area contributed by atoms with Gasteiger partial charge in [-0.15, -0.1) is 0 Å². The maximum atomic E-state index is 13.5. The number of carbonyl (C=O) groups is 1. The lowest BCUT2D eigenvalue weighted by atomic mass is 10.1. The van der Waals surface area contributed by atoms with Gasteiger partial charge in [0.1, 0.15) is 11.6 Å². The summed E-state index contributed by atoms with van der Waals surface area (Å²) in [5, 5.41) is 11.6. The SMILES string of the molecule is O=C(O)c1cccc(F)c1Nc1ccccn1. The van der Waals surface area contributed by atoms with E-state index in [0.717, 1.165) is 0 Å². The number of aromatic carboxylic acids is 1. The fraction of sp³-hybridized carbons (Fsp3) is 0. The lowest BCUT2D eigenvalue weighted by Crippen LogP contribution is -2.05. The van der Waals surface area contributed by atoms with Gasteiger partial charge in [0, 0.05) is 6.20 Å². The quantitative estimate of drug-likeness (QED) is 0.853. The van der Waals surface area contributed by atoms with Gasteiger partial charge >= 0.3 is 5.97 Å². The number of aromatic nitrogens is 1. The van der Waals surface area contributed by atoms with Gasteiger partial charge in [-0.2, -0.15) is 0 Å². The third-order valence-electron chi connectivity index (χ3n) is 2.16. The second-order valence-corrected chi connectivity index (χ2v) is 3.31. The molecule has 2 aromatic rings. The minimum absolute atomic E-state index is 0.0845. The lowest BCUT2D eigenvalue weighted by molar-refractivity contribution is 0.0697. The van der Waals surface area contributed by atoms with Crippen molar-refractivity contribution in [2.24, 2.45) is 0 Å². The summed E-state index contributed by atoms with van der Waals surface area (Å²) in [7, 11) is 0. The fourth-order valence-electron chi connectivity index (χ4n) is 1.39. The third-order valence-corrected chi connectivity index (χ3v) is 2.16. The van der Waals surface area contributed by atoms with Crippen molar-refractivity contribution in [1.82, 2.24) is 4.98 Å². The van der Waals surface area contributed by atoms with Crippen LogP contribution in [0, 0.1) is 5.82 Å². The zero-order valence-corrected chi connectivity index (χ0v) is 8.72. The van der Waals surface area contributed by atoms with Gasteiger partial charge in [0.05, 0.1) is 11.3 Å². The van der Waals surface area contributed by atoms with Crippen LogP contribution in [0.3, 0.4) is 0 Å². The molecular weight excluding hydrogens is 223 g/mol. The van der Waals surface area contributed by atoms with Crippen LogP contribution in [-0.2, 0) is 0 Å². The van der Waals surface area contributed by atoms with E-state index in [9.17, 15) is 9.18 Å². The van der Waals surface area contributed by atoms with Gasteiger partial charge in [0.25, 0.3) is 0 Å². The smallest absolute Gasteiger partial charge is 0.337 e. The van der Waals surface area contributed by atoms with Crippen LogP contribution in [0.1, 0.15) is 10.4 Å². The number of halogens is 1. The van der Waals surface area contributed by atoms with E-state index in [-0.39, 0.29) is 11.3 Å². The molecular formula is C12H9FN2O2. The molecule has 2 rings (SSSR count). The van der Waals surface area contributed by atoms with Gasteiger partial charge in [0.15, 0.2) is 0 Å². The first kappa shape index (κ1) is 11.1. The topological polar surface area (TPSA) is 62.2 Å². The summed E-state index contributed by atoms with van der Waals surface area (Å²) in [4.78, 5) is 14.9. The molecule has 0 saturated carbocycles. The number of carboxylic acids is 1. The van der Waals surface area contributed by atoms with Crippen LogP contribution in [0.15, 0.2) is 42.6 Å². The van der Waals surface area contributed by atoms with Gasteiger partial charge in [-0.05, 0) is 24.3 Å². The molecule has 0 fully saturated rings. The number of nitrogens with zero attached hydrogens (tertiary/aromatic N) is 1. The molecule has 0 aliphatic carbocycles. The Balaban J connectivity index is 2.41. The van der Waals surface area contributed by atoms with E-state index in [0.29, 0.717) is 5.82 Å². The van der Waals surface area contributed by atoms with E-state index in [1.165, 1.54) is 24.4 Å². The molecule has 0 aliphatic rings. The summed E-state index contributed by atoms with van der Waals surface area (Å²) in [6, 6.07) is 8.93. The number of rotatable bonds is 3. The second-order valence-electron chi connectivity index (χ2n) is 3.31. The van der Waals surface area contributed by atoms with Crippen molar-refractivity contribution < 1.29 is 14.3 Å². The van der Waals surface area contributed by atoms with Gasteiger partial charge in [-0.25, -0.2) is 14.2 Å². The highest BCUT2D eigenvalue weighted by molar-refractivity contribution is 5.95. The van der Waals surface area contributed by atoms with Crippen molar-refractivity contribution in [3.63, 3.8) is 0 Å². The Morgan fingerprint density at radius 1 is 1.24 bits per heavy atom. The molecule has 1 aromatic carbocycles. The predicted octanol–water partition coefficient (Wildman–Crippen LogP) is 2.66. The fourth-order valence-corrected chi connectivity index (χ4v) is 1.39. The number of carboxylic acid groups (broad SMARTS) is 1. The van der Waals surface area contributed by atoms with Crippen LogP contribution < -0.4 is 5.32 Å². The maximum Gasteiger partial charge on any atom is 0.337 e. The molecule has 86 valence electrons. The molecule has 0 saturated heterocycles. The average Bonchev–Trinajstić information content (AvgIpc) is 2.33. The van der Waals surface area contributed by atoms with Crippen LogP contribution in [-0.4, -0.2) is 16.1 Å². The summed E-state index contributed by atoms with van der Waals surface area (Å²) >= 11 is 0. The molecule has 0 aliphatic heterocycles. The summed E-state index contributed by atoms with van der Waals surface area (Å²) in [5.41, 5.74) is -0.214. The monoisotopic (exact) mass is 232 g/mol. The van der Waals surface area contributed by atoms with E-state index in [1.807, 2.05) is 0 Å². The molecule has 0 spiro atoms. The van der Waals surface area contributed by atoms with Crippen molar-refractivity contribution >= 4 is 17.5 Å². The number of nitrogens with one attached hydrogen (secondary N) is 1. The van der Waals surface area contributed by atoms with Crippen molar-refractivity contribution in [3.8, 4) is 0 Å². The summed E-state index contributed by atoms with van der Waals surface area (Å²) < 4.78 is 13.5. The van der Waals surface area contributed by atoms with Crippen LogP contribution >= 0.6 is 0 Å². The van der Waals surface area contributed by atoms with E-state index < -0.39 is 11.8 Å². The minimum Gasteiger partial charge on any atom is -0.478 e. The summed E-state index contributed by atoms with van der Waals surface area (Å²) in [6.07, 6.45) is 1.53. The van der Waals surface area contributed by atoms with E-state index >= 15 is 0 Å². The first-order valence-corrected chi connectivity index (χ1v) is 4.88. The van der Waals surface area contributed by atoms with Gasteiger partial charge in [-0.1, -0.05) is 12.1 Å². The number of hydrogen-bond donors (Lipinski definition) is 2. The molecule has 1 aromatic heterocycles. The molecule has 0 atom stereocenters. The van der Waals surface area contributed by atoms with Crippen molar-refractivity contribution in [3.05, 3.63) is 54.0 Å². The zero-order valence-electron chi connectivity index (χ0n) is 8.72. The number of para-hydroxylation sites is 1. The third kappa shape index (κ3) is 2.39. The summed E-state index contributed by atoms with van der Waals surface area (Å²) in [6.45, 7) is 0. The molecule has 1 heterocycles. The van der Waals surface area contributed by atoms with Crippen LogP contribution in [0.4, 0.5) is 15.9 Å². The Kier molecular flexibility index (Phi) is 3.00. The molecule has 0 bridgehead atoms. The number of pyridine rings is 1. The predicted molar refractivity (Wildman–Crippen MR) is 60.9 cm³/mol. The lowest BCUT2D eigenvalue weighted by Gasteiger charge is -2.09. The van der Waals surface area contributed by atoms with Gasteiger partial charge in [-0.3, -0.25) is 0 Å². The average molecular weight is 232 g/mol. The largest absolute Gasteiger partial charge is 0.478 e. The normalized spacial score (nSPS) is 9.94. The minimum atomic E-state index is -1.19. The molecule has 17 heavy (non-hydrogen) atoms. The van der Waals surface area contributed by atoms with Crippen LogP contribution in [0.2, 0.25) is 0 Å². The Labute approximate surface area is 96.7 Å². The highest BCUT2D eigenvalue weighted by Crippen LogP contribution is 2.23. The maximum absolute atomic E-state index is 13.5. The molecule has 2 N–H and O–H groups in total. The summed E-state index contributed by atoms with van der Waals surface area (Å²) in [5.74, 6) is -1.43. The van der Waals surface area contributed by atoms with Gasteiger partial charge in [0.2, 0.25) is 0 Å². The number of anilines is 2. The van der Waals surface area contributed by atoms with Crippen molar-refractivity contribution in [1.29, 1.82) is 0 Å². The van der Waals surface area contributed by atoms with Crippen LogP contribution in [0.25, 0.3) is 0 Å². The van der Waals surface area contributed by atoms with Gasteiger partial charge < -0.3 is 10.4 Å². The first-order valence-electron chi connectivity index (χ1n) is 4.88. The Morgan fingerprint density at radius 3 is 2.71 bits per heavy atom. The van der Waals surface area contributed by atoms with E-state index in [4.69, 9.17) is 5.11 Å². The molecule has 0 radical (unpaired) electrons.